The van der Waals surface area contributed by atoms with Crippen LogP contribution in [0, 0.1) is 0 Å². The van der Waals surface area contributed by atoms with Gasteiger partial charge in [-0.3, -0.25) is 4.79 Å². The number of carboxylic acid groups (broad SMARTS) is 1. The third kappa shape index (κ3) is 7.23. The number of hydrogen-bond donors (Lipinski definition) is 3. The Labute approximate surface area is 107 Å². The van der Waals surface area contributed by atoms with Crippen LogP contribution >= 0.6 is 0 Å². The van der Waals surface area contributed by atoms with Gasteiger partial charge in [-0.2, -0.15) is 0 Å². The molecule has 0 saturated carbocycles. The van der Waals surface area contributed by atoms with Crippen molar-refractivity contribution in [3.63, 3.8) is 0 Å². The second-order valence-electron chi connectivity index (χ2n) is 3.83. The molecule has 7 nitrogen and oxygen atoms in total. The van der Waals surface area contributed by atoms with E-state index >= 15 is 0 Å². The molecule has 106 valence electrons. The second kappa shape index (κ2) is 8.04. The number of sulfonamides is 1. The molecule has 3 N–H and O–H groups in total. The molecule has 0 aliphatic carbocycles. The molecule has 8 heteroatoms. The van der Waals surface area contributed by atoms with E-state index in [0.29, 0.717) is 12.8 Å². The van der Waals surface area contributed by atoms with Gasteiger partial charge in [-0.25, -0.2) is 17.9 Å². The number of hydrogen-bond acceptors (Lipinski definition) is 4. The van der Waals surface area contributed by atoms with Crippen molar-refractivity contribution in [2.45, 2.75) is 39.2 Å². The molecule has 0 radical (unpaired) electrons. The first-order valence-corrected chi connectivity index (χ1v) is 7.47. The van der Waals surface area contributed by atoms with E-state index in [4.69, 9.17) is 5.11 Å². The predicted molar refractivity (Wildman–Crippen MR) is 66.6 cm³/mol. The van der Waals surface area contributed by atoms with Crippen molar-refractivity contribution in [1.82, 2.24) is 10.0 Å². The van der Waals surface area contributed by atoms with Gasteiger partial charge in [0.2, 0.25) is 15.9 Å². The molecule has 0 saturated heterocycles. The molecule has 0 unspecified atom stereocenters. The summed E-state index contributed by atoms with van der Waals surface area (Å²) in [5.41, 5.74) is 0. The van der Waals surface area contributed by atoms with Crippen molar-refractivity contribution in [3.8, 4) is 0 Å². The summed E-state index contributed by atoms with van der Waals surface area (Å²) in [5.74, 6) is -1.89. The van der Waals surface area contributed by atoms with Crippen molar-refractivity contribution in [3.05, 3.63) is 0 Å². The van der Waals surface area contributed by atoms with Crippen LogP contribution in [0.5, 0.6) is 0 Å². The summed E-state index contributed by atoms with van der Waals surface area (Å²) in [6.45, 7) is 2.92. The van der Waals surface area contributed by atoms with Crippen LogP contribution in [0.2, 0.25) is 0 Å². The first-order chi connectivity index (χ1) is 8.32. The van der Waals surface area contributed by atoms with Crippen molar-refractivity contribution < 1.29 is 23.1 Å². The maximum atomic E-state index is 11.4. The molecule has 0 rings (SSSR count). The SMILES string of the molecule is CCCC[C@H](NC(=O)CNS(=O)(=O)CC)C(=O)O. The molecule has 0 heterocycles. The lowest BCUT2D eigenvalue weighted by Gasteiger charge is -2.14. The molecule has 0 aromatic rings. The Morgan fingerprint density at radius 2 is 1.89 bits per heavy atom. The number of aliphatic carboxylic acids is 1. The lowest BCUT2D eigenvalue weighted by atomic mass is 10.1. The molecular formula is C10H20N2O5S. The van der Waals surface area contributed by atoms with E-state index < -0.39 is 34.5 Å². The highest BCUT2D eigenvalue weighted by Gasteiger charge is 2.19. The number of rotatable bonds is 9. The fourth-order valence-corrected chi connectivity index (χ4v) is 1.74. The molecule has 0 fully saturated rings. The summed E-state index contributed by atoms with van der Waals surface area (Å²) in [5, 5.41) is 11.2. The average Bonchev–Trinajstić information content (AvgIpc) is 2.31. The number of carbonyl (C=O) groups excluding carboxylic acids is 1. The highest BCUT2D eigenvalue weighted by molar-refractivity contribution is 7.89. The van der Waals surface area contributed by atoms with Gasteiger partial charge < -0.3 is 10.4 Å². The first-order valence-electron chi connectivity index (χ1n) is 5.81. The van der Waals surface area contributed by atoms with Crippen LogP contribution < -0.4 is 10.0 Å². The van der Waals surface area contributed by atoms with Crippen LogP contribution in [-0.2, 0) is 19.6 Å². The Bertz CT molecular complexity index is 380. The topological polar surface area (TPSA) is 113 Å². The number of carboxylic acids is 1. The van der Waals surface area contributed by atoms with E-state index in [9.17, 15) is 18.0 Å². The van der Waals surface area contributed by atoms with E-state index in [0.717, 1.165) is 6.42 Å². The molecule has 1 amide bonds. The van der Waals surface area contributed by atoms with Crippen LogP contribution in [0.4, 0.5) is 0 Å². The fourth-order valence-electron chi connectivity index (χ4n) is 1.19. The van der Waals surface area contributed by atoms with Gasteiger partial charge in [0, 0.05) is 0 Å². The molecule has 0 aliphatic heterocycles. The standard InChI is InChI=1S/C10H20N2O5S/c1-3-5-6-8(10(14)15)12-9(13)7-11-18(16,17)4-2/h8,11H,3-7H2,1-2H3,(H,12,13)(H,14,15)/t8-/m0/s1. The Balaban J connectivity index is 4.22. The first kappa shape index (κ1) is 16.9. The van der Waals surface area contributed by atoms with Gasteiger partial charge in [-0.1, -0.05) is 19.8 Å². The van der Waals surface area contributed by atoms with Crippen molar-refractivity contribution in [2.24, 2.45) is 0 Å². The minimum absolute atomic E-state index is 0.127. The number of amides is 1. The molecule has 0 bridgehead atoms. The monoisotopic (exact) mass is 280 g/mol. The number of unbranched alkanes of at least 4 members (excludes halogenated alkanes) is 1. The lowest BCUT2D eigenvalue weighted by molar-refractivity contribution is -0.141. The summed E-state index contributed by atoms with van der Waals surface area (Å²) >= 11 is 0. The van der Waals surface area contributed by atoms with Crippen LogP contribution in [0.1, 0.15) is 33.1 Å². The van der Waals surface area contributed by atoms with Crippen LogP contribution in [0.25, 0.3) is 0 Å². The normalized spacial score (nSPS) is 13.0. The predicted octanol–water partition coefficient (Wildman–Crippen LogP) is -0.315. The van der Waals surface area contributed by atoms with Crippen LogP contribution in [0.3, 0.4) is 0 Å². The molecule has 0 spiro atoms. The zero-order valence-corrected chi connectivity index (χ0v) is 11.4. The largest absolute Gasteiger partial charge is 0.480 e. The zero-order valence-electron chi connectivity index (χ0n) is 10.6. The second-order valence-corrected chi connectivity index (χ2v) is 5.92. The fraction of sp³-hybridized carbons (Fsp3) is 0.800. The van der Waals surface area contributed by atoms with Crippen molar-refractivity contribution in [2.75, 3.05) is 12.3 Å². The summed E-state index contributed by atoms with van der Waals surface area (Å²) in [6.07, 6.45) is 1.83. The van der Waals surface area contributed by atoms with E-state index in [1.807, 2.05) is 6.92 Å². The smallest absolute Gasteiger partial charge is 0.326 e. The van der Waals surface area contributed by atoms with Crippen LogP contribution in [-0.4, -0.2) is 43.7 Å². The maximum Gasteiger partial charge on any atom is 0.326 e. The van der Waals surface area contributed by atoms with E-state index in [2.05, 4.69) is 10.0 Å². The molecule has 0 aromatic heterocycles. The Kier molecular flexibility index (Phi) is 7.53. The Morgan fingerprint density at radius 3 is 2.33 bits per heavy atom. The van der Waals surface area contributed by atoms with Gasteiger partial charge in [-0.15, -0.1) is 0 Å². The van der Waals surface area contributed by atoms with Crippen molar-refractivity contribution >= 4 is 21.9 Å². The summed E-state index contributed by atoms with van der Waals surface area (Å²) in [6, 6.07) is -0.969. The Hall–Kier alpha value is -1.15. The minimum atomic E-state index is -3.45. The van der Waals surface area contributed by atoms with Crippen molar-refractivity contribution in [1.29, 1.82) is 0 Å². The Morgan fingerprint density at radius 1 is 1.28 bits per heavy atom. The highest BCUT2D eigenvalue weighted by atomic mass is 32.2. The van der Waals surface area contributed by atoms with Gasteiger partial charge in [0.25, 0.3) is 0 Å². The third-order valence-corrected chi connectivity index (χ3v) is 3.66. The number of carbonyl (C=O) groups is 2. The van der Waals surface area contributed by atoms with E-state index in [-0.39, 0.29) is 5.75 Å². The average molecular weight is 280 g/mol. The molecule has 0 aromatic carbocycles. The summed E-state index contributed by atoms with van der Waals surface area (Å²) in [7, 11) is -3.45. The zero-order chi connectivity index (χ0) is 14.2. The van der Waals surface area contributed by atoms with Gasteiger partial charge in [0.1, 0.15) is 6.04 Å². The molecule has 18 heavy (non-hydrogen) atoms. The van der Waals surface area contributed by atoms with Gasteiger partial charge in [0.05, 0.1) is 12.3 Å². The van der Waals surface area contributed by atoms with Gasteiger partial charge in [0.15, 0.2) is 0 Å². The summed E-state index contributed by atoms with van der Waals surface area (Å²) in [4.78, 5) is 22.2. The van der Waals surface area contributed by atoms with Gasteiger partial charge >= 0.3 is 5.97 Å². The minimum Gasteiger partial charge on any atom is -0.480 e. The quantitative estimate of drug-likeness (QED) is 0.536. The highest BCUT2D eigenvalue weighted by Crippen LogP contribution is 2.00. The van der Waals surface area contributed by atoms with E-state index in [1.54, 1.807) is 0 Å². The molecule has 0 aliphatic rings. The molecular weight excluding hydrogens is 260 g/mol. The van der Waals surface area contributed by atoms with E-state index in [1.165, 1.54) is 6.92 Å². The maximum absolute atomic E-state index is 11.4. The third-order valence-electron chi connectivity index (χ3n) is 2.31. The number of nitrogens with one attached hydrogen (secondary N) is 2. The lowest BCUT2D eigenvalue weighted by Crippen LogP contribution is -2.45. The van der Waals surface area contributed by atoms with Gasteiger partial charge in [-0.05, 0) is 13.3 Å². The van der Waals surface area contributed by atoms with Crippen LogP contribution in [0.15, 0.2) is 0 Å². The summed E-state index contributed by atoms with van der Waals surface area (Å²) < 4.78 is 24.3. The molecule has 1 atom stereocenters.